The fourth-order valence-corrected chi connectivity index (χ4v) is 1.91. The minimum atomic E-state index is -0.831. The molecule has 3 atom stereocenters. The summed E-state index contributed by atoms with van der Waals surface area (Å²) in [6.45, 7) is 2.95. The Bertz CT molecular complexity index is 244. The van der Waals surface area contributed by atoms with Crippen LogP contribution in [0.4, 0.5) is 0 Å². The highest BCUT2D eigenvalue weighted by molar-refractivity contribution is 7.84. The second-order valence-corrected chi connectivity index (χ2v) is 5.60. The molecule has 5 heteroatoms. The number of likely N-dealkylation sites (tertiary alicyclic amines) is 1. The van der Waals surface area contributed by atoms with Crippen molar-refractivity contribution in [2.24, 2.45) is 0 Å². The van der Waals surface area contributed by atoms with Crippen LogP contribution in [0.3, 0.4) is 0 Å². The minimum Gasteiger partial charge on any atom is -0.391 e. The highest BCUT2D eigenvalue weighted by Gasteiger charge is 2.27. The standard InChI is InChI=1S/C9H17NO3S/c1-7(14(2)13)3-4-10-6-8(11)5-9(10)12/h7-8,11H,3-6H2,1-2H3. The van der Waals surface area contributed by atoms with Crippen LogP contribution in [0.2, 0.25) is 0 Å². The van der Waals surface area contributed by atoms with E-state index in [1.807, 2.05) is 6.92 Å². The number of nitrogens with zero attached hydrogens (tertiary/aromatic N) is 1. The fraction of sp³-hybridized carbons (Fsp3) is 0.889. The third-order valence-corrected chi connectivity index (χ3v) is 3.94. The van der Waals surface area contributed by atoms with E-state index in [-0.39, 0.29) is 17.6 Å². The van der Waals surface area contributed by atoms with E-state index in [0.29, 0.717) is 13.1 Å². The molecule has 14 heavy (non-hydrogen) atoms. The normalized spacial score (nSPS) is 26.6. The number of amides is 1. The van der Waals surface area contributed by atoms with Crippen molar-refractivity contribution in [3.8, 4) is 0 Å². The maximum atomic E-state index is 11.3. The Morgan fingerprint density at radius 3 is 2.79 bits per heavy atom. The average Bonchev–Trinajstić information content (AvgIpc) is 2.40. The predicted octanol–water partition coefficient (Wildman–Crippen LogP) is -0.263. The average molecular weight is 219 g/mol. The van der Waals surface area contributed by atoms with Gasteiger partial charge in [-0.2, -0.15) is 0 Å². The quantitative estimate of drug-likeness (QED) is 0.708. The minimum absolute atomic E-state index is 0.00610. The van der Waals surface area contributed by atoms with Gasteiger partial charge in [0.2, 0.25) is 5.91 Å². The van der Waals surface area contributed by atoms with Gasteiger partial charge in [0.1, 0.15) is 0 Å². The van der Waals surface area contributed by atoms with E-state index in [1.165, 1.54) is 0 Å². The molecule has 82 valence electrons. The fourth-order valence-electron chi connectivity index (χ4n) is 1.47. The van der Waals surface area contributed by atoms with Crippen molar-refractivity contribution in [2.45, 2.75) is 31.1 Å². The molecule has 1 aliphatic heterocycles. The lowest BCUT2D eigenvalue weighted by Gasteiger charge is -2.17. The van der Waals surface area contributed by atoms with E-state index in [2.05, 4.69) is 0 Å². The molecular weight excluding hydrogens is 202 g/mol. The van der Waals surface area contributed by atoms with Crippen molar-refractivity contribution >= 4 is 16.7 Å². The molecule has 0 spiro atoms. The maximum Gasteiger partial charge on any atom is 0.225 e. The molecule has 1 amide bonds. The van der Waals surface area contributed by atoms with Crippen molar-refractivity contribution in [1.29, 1.82) is 0 Å². The molecule has 1 N–H and O–H groups in total. The van der Waals surface area contributed by atoms with Crippen LogP contribution >= 0.6 is 0 Å². The molecule has 0 aromatic rings. The van der Waals surface area contributed by atoms with Crippen LogP contribution in [0, 0.1) is 0 Å². The summed E-state index contributed by atoms with van der Waals surface area (Å²) in [5.74, 6) is 0.00610. The number of hydrogen-bond acceptors (Lipinski definition) is 3. The first-order valence-electron chi connectivity index (χ1n) is 4.78. The molecular formula is C9H17NO3S. The van der Waals surface area contributed by atoms with E-state index in [4.69, 9.17) is 0 Å². The SMILES string of the molecule is CC(CCN1CC(O)CC1=O)S(C)=O. The zero-order valence-electron chi connectivity index (χ0n) is 8.60. The Morgan fingerprint density at radius 2 is 2.36 bits per heavy atom. The lowest BCUT2D eigenvalue weighted by molar-refractivity contribution is -0.127. The van der Waals surface area contributed by atoms with Crippen LogP contribution in [0.25, 0.3) is 0 Å². The number of carbonyl (C=O) groups excluding carboxylic acids is 1. The van der Waals surface area contributed by atoms with Crippen molar-refractivity contribution in [3.05, 3.63) is 0 Å². The summed E-state index contributed by atoms with van der Waals surface area (Å²) in [5.41, 5.74) is 0. The summed E-state index contributed by atoms with van der Waals surface area (Å²) in [6.07, 6.45) is 2.14. The van der Waals surface area contributed by atoms with Gasteiger partial charge in [-0.05, 0) is 6.42 Å². The van der Waals surface area contributed by atoms with Gasteiger partial charge in [0.05, 0.1) is 12.5 Å². The Morgan fingerprint density at radius 1 is 1.71 bits per heavy atom. The number of β-amino-alcohol motifs (C(OH)–C–C–N with tert-alkyl or cyclic N) is 1. The van der Waals surface area contributed by atoms with Crippen LogP contribution in [-0.2, 0) is 15.6 Å². The lowest BCUT2D eigenvalue weighted by atomic mass is 10.3. The maximum absolute atomic E-state index is 11.3. The van der Waals surface area contributed by atoms with Gasteiger partial charge in [0.25, 0.3) is 0 Å². The van der Waals surface area contributed by atoms with Gasteiger partial charge in [-0.1, -0.05) is 6.92 Å². The molecule has 1 fully saturated rings. The van der Waals surface area contributed by atoms with Crippen molar-refractivity contribution in [3.63, 3.8) is 0 Å². The van der Waals surface area contributed by atoms with Crippen molar-refractivity contribution in [1.82, 2.24) is 4.90 Å². The number of hydrogen-bond donors (Lipinski definition) is 1. The first-order chi connectivity index (χ1) is 6.50. The van der Waals surface area contributed by atoms with Gasteiger partial charge in [0.15, 0.2) is 0 Å². The Kier molecular flexibility index (Phi) is 4.07. The molecule has 1 aliphatic rings. The first kappa shape index (κ1) is 11.7. The molecule has 0 radical (unpaired) electrons. The topological polar surface area (TPSA) is 57.6 Å². The van der Waals surface area contributed by atoms with Crippen LogP contribution in [0.1, 0.15) is 19.8 Å². The number of aliphatic hydroxyl groups is 1. The summed E-state index contributed by atoms with van der Waals surface area (Å²) < 4.78 is 11.1. The van der Waals surface area contributed by atoms with Gasteiger partial charge in [-0.3, -0.25) is 9.00 Å². The Balaban J connectivity index is 2.31. The molecule has 0 aliphatic carbocycles. The van der Waals surface area contributed by atoms with Crippen LogP contribution in [0.5, 0.6) is 0 Å². The highest BCUT2D eigenvalue weighted by Crippen LogP contribution is 2.12. The number of rotatable bonds is 4. The predicted molar refractivity (Wildman–Crippen MR) is 55.3 cm³/mol. The van der Waals surface area contributed by atoms with Crippen LogP contribution < -0.4 is 0 Å². The zero-order chi connectivity index (χ0) is 10.7. The Hall–Kier alpha value is -0.420. The van der Waals surface area contributed by atoms with Crippen molar-refractivity contribution in [2.75, 3.05) is 19.3 Å². The van der Waals surface area contributed by atoms with E-state index in [0.717, 1.165) is 6.42 Å². The van der Waals surface area contributed by atoms with Gasteiger partial charge in [0, 0.05) is 35.4 Å². The molecule has 1 rings (SSSR count). The molecule has 0 aromatic carbocycles. The van der Waals surface area contributed by atoms with Gasteiger partial charge in [-0.25, -0.2) is 0 Å². The molecule has 0 bridgehead atoms. The smallest absolute Gasteiger partial charge is 0.225 e. The van der Waals surface area contributed by atoms with E-state index in [9.17, 15) is 14.1 Å². The lowest BCUT2D eigenvalue weighted by Crippen LogP contribution is -2.29. The molecule has 3 unspecified atom stereocenters. The van der Waals surface area contributed by atoms with E-state index < -0.39 is 16.9 Å². The third kappa shape index (κ3) is 3.06. The molecule has 1 heterocycles. The van der Waals surface area contributed by atoms with Gasteiger partial charge < -0.3 is 10.0 Å². The number of aliphatic hydroxyl groups excluding tert-OH is 1. The second-order valence-electron chi connectivity index (χ2n) is 3.80. The van der Waals surface area contributed by atoms with E-state index >= 15 is 0 Å². The summed E-state index contributed by atoms with van der Waals surface area (Å²) in [5, 5.41) is 9.33. The highest BCUT2D eigenvalue weighted by atomic mass is 32.2. The summed E-state index contributed by atoms with van der Waals surface area (Å²) in [4.78, 5) is 12.9. The summed E-state index contributed by atoms with van der Waals surface area (Å²) in [7, 11) is -0.831. The summed E-state index contributed by atoms with van der Waals surface area (Å²) in [6, 6.07) is 0. The van der Waals surface area contributed by atoms with Crippen molar-refractivity contribution < 1.29 is 14.1 Å². The zero-order valence-corrected chi connectivity index (χ0v) is 9.42. The van der Waals surface area contributed by atoms with E-state index in [1.54, 1.807) is 11.2 Å². The molecule has 0 saturated carbocycles. The third-order valence-electron chi connectivity index (χ3n) is 2.57. The Labute approximate surface area is 86.7 Å². The molecule has 4 nitrogen and oxygen atoms in total. The number of carbonyl (C=O) groups is 1. The molecule has 0 aromatic heterocycles. The largest absolute Gasteiger partial charge is 0.391 e. The first-order valence-corrected chi connectivity index (χ1v) is 6.41. The second kappa shape index (κ2) is 4.89. The van der Waals surface area contributed by atoms with Crippen LogP contribution in [-0.4, -0.2) is 50.8 Å². The van der Waals surface area contributed by atoms with Crippen LogP contribution in [0.15, 0.2) is 0 Å². The van der Waals surface area contributed by atoms with Gasteiger partial charge in [-0.15, -0.1) is 0 Å². The summed E-state index contributed by atoms with van der Waals surface area (Å²) >= 11 is 0. The molecule has 1 saturated heterocycles. The van der Waals surface area contributed by atoms with Gasteiger partial charge >= 0.3 is 0 Å². The monoisotopic (exact) mass is 219 g/mol.